The number of rotatable bonds is 7. The molecule has 2 heterocycles. The molecule has 0 bridgehead atoms. The third-order valence-electron chi connectivity index (χ3n) is 5.93. The molecule has 178 valence electrons. The summed E-state index contributed by atoms with van der Waals surface area (Å²) in [5.74, 6) is 2.11. The van der Waals surface area contributed by atoms with Crippen LogP contribution in [-0.4, -0.2) is 44.5 Å². The van der Waals surface area contributed by atoms with E-state index in [1.165, 1.54) is 28.4 Å². The van der Waals surface area contributed by atoms with E-state index in [4.69, 9.17) is 9.47 Å². The monoisotopic (exact) mass is 491 g/mol. The van der Waals surface area contributed by atoms with Crippen molar-refractivity contribution >= 4 is 29.0 Å². The predicted molar refractivity (Wildman–Crippen MR) is 128 cm³/mol. The van der Waals surface area contributed by atoms with E-state index in [2.05, 4.69) is 15.1 Å². The number of carbonyl (C=O) groups is 1. The second kappa shape index (κ2) is 9.34. The minimum Gasteiger partial charge on any atom is -0.493 e. The Balaban J connectivity index is 1.38. The summed E-state index contributed by atoms with van der Waals surface area (Å²) in [6, 6.07) is 12.2. The topological polar surface area (TPSA) is 122 Å². The van der Waals surface area contributed by atoms with Crippen LogP contribution in [0.5, 0.6) is 11.5 Å². The van der Waals surface area contributed by atoms with Crippen LogP contribution in [0.15, 0.2) is 53.8 Å². The van der Waals surface area contributed by atoms with E-state index in [1.807, 2.05) is 24.3 Å². The van der Waals surface area contributed by atoms with Gasteiger partial charge in [0.2, 0.25) is 5.16 Å². The molecule has 0 aliphatic heterocycles. The fourth-order valence-corrected chi connectivity index (χ4v) is 4.94. The molecule has 0 unspecified atom stereocenters. The van der Waals surface area contributed by atoms with Gasteiger partial charge in [0.15, 0.2) is 17.3 Å². The molecule has 2 aromatic carbocycles. The molecule has 1 atom stereocenters. The molecule has 0 N–H and O–H groups in total. The first-order valence-corrected chi connectivity index (χ1v) is 11.8. The highest BCUT2D eigenvalue weighted by Gasteiger charge is 2.29. The summed E-state index contributed by atoms with van der Waals surface area (Å²) < 4.78 is 12.2. The van der Waals surface area contributed by atoms with Gasteiger partial charge < -0.3 is 9.47 Å². The van der Waals surface area contributed by atoms with Gasteiger partial charge >= 0.3 is 0 Å². The van der Waals surface area contributed by atoms with Gasteiger partial charge in [-0.1, -0.05) is 30.0 Å². The number of thioether (sulfide) groups is 1. The minimum atomic E-state index is -0.419. The maximum Gasteiger partial charge on any atom is 0.269 e. The Morgan fingerprint density at radius 3 is 2.71 bits per heavy atom. The molecule has 0 radical (unpaired) electrons. The van der Waals surface area contributed by atoms with E-state index in [-0.39, 0.29) is 17.4 Å². The van der Waals surface area contributed by atoms with Crippen LogP contribution in [0, 0.1) is 10.1 Å². The number of nitrogens with zero attached hydrogens (tertiary/aromatic N) is 5. The number of nitro groups is 1. The zero-order chi connectivity index (χ0) is 24.5. The first-order valence-electron chi connectivity index (χ1n) is 10.8. The van der Waals surface area contributed by atoms with Gasteiger partial charge in [0.25, 0.3) is 11.5 Å². The zero-order valence-electron chi connectivity index (χ0n) is 19.0. The number of hydrogen-bond acceptors (Lipinski definition) is 9. The summed E-state index contributed by atoms with van der Waals surface area (Å²) in [6.45, 7) is 0. The SMILES string of the molecule is COc1ccc([C@@H]2CC(=O)c3cn4nc(SCc5cccc([N+](=O)[O-])c5)nc4nc3C2)cc1OC. The van der Waals surface area contributed by atoms with Gasteiger partial charge in [-0.15, -0.1) is 5.10 Å². The second-order valence-electron chi connectivity index (χ2n) is 8.10. The molecule has 1 aliphatic rings. The van der Waals surface area contributed by atoms with Crippen LogP contribution in [0.3, 0.4) is 0 Å². The first-order chi connectivity index (χ1) is 16.9. The average Bonchev–Trinajstić information content (AvgIpc) is 3.27. The van der Waals surface area contributed by atoms with Gasteiger partial charge in [-0.05, 0) is 35.6 Å². The number of ketones is 1. The molecule has 5 rings (SSSR count). The third kappa shape index (κ3) is 4.54. The molecule has 0 saturated carbocycles. The van der Waals surface area contributed by atoms with E-state index in [1.54, 1.807) is 26.5 Å². The highest BCUT2D eigenvalue weighted by molar-refractivity contribution is 7.98. The fraction of sp³-hybridized carbons (Fsp3) is 0.250. The average molecular weight is 492 g/mol. The van der Waals surface area contributed by atoms with Crippen LogP contribution >= 0.6 is 11.8 Å². The number of fused-ring (bicyclic) bond motifs is 2. The van der Waals surface area contributed by atoms with Gasteiger partial charge in [-0.25, -0.2) is 9.50 Å². The lowest BCUT2D eigenvalue weighted by molar-refractivity contribution is -0.384. The van der Waals surface area contributed by atoms with Gasteiger partial charge in [0.05, 0.1) is 30.4 Å². The number of Topliss-reactive ketones (excluding diaryl/α,β-unsaturated/α-hetero) is 1. The van der Waals surface area contributed by atoms with Crippen LogP contribution in [-0.2, 0) is 12.2 Å². The maximum atomic E-state index is 13.0. The van der Waals surface area contributed by atoms with Crippen LogP contribution in [0.25, 0.3) is 5.78 Å². The minimum absolute atomic E-state index is 0.00160. The van der Waals surface area contributed by atoms with Crippen molar-refractivity contribution in [3.05, 3.63) is 81.2 Å². The Kier molecular flexibility index (Phi) is 6.08. The van der Waals surface area contributed by atoms with Gasteiger partial charge in [0, 0.05) is 30.5 Å². The van der Waals surface area contributed by atoms with E-state index in [0.29, 0.717) is 52.3 Å². The standard InChI is InChI=1S/C24H21N5O5S/c1-33-21-7-6-15(11-22(21)34-2)16-9-19-18(20(30)10-16)12-28-23(25-19)26-24(27-28)35-13-14-4-3-5-17(8-14)29(31)32/h3-8,11-12,16H,9-10,13H2,1-2H3/t16-/m0/s1. The molecule has 35 heavy (non-hydrogen) atoms. The van der Waals surface area contributed by atoms with Crippen molar-refractivity contribution in [3.8, 4) is 11.5 Å². The Labute approximate surface area is 204 Å². The molecule has 0 saturated heterocycles. The van der Waals surface area contributed by atoms with Crippen molar-refractivity contribution in [2.75, 3.05) is 14.2 Å². The van der Waals surface area contributed by atoms with Crippen molar-refractivity contribution in [1.29, 1.82) is 0 Å². The van der Waals surface area contributed by atoms with Crippen molar-refractivity contribution in [3.63, 3.8) is 0 Å². The highest BCUT2D eigenvalue weighted by atomic mass is 32.2. The molecule has 0 fully saturated rings. The van der Waals surface area contributed by atoms with Gasteiger partial charge in [-0.3, -0.25) is 14.9 Å². The maximum absolute atomic E-state index is 13.0. The predicted octanol–water partition coefficient (Wildman–Crippen LogP) is 4.25. The smallest absolute Gasteiger partial charge is 0.269 e. The van der Waals surface area contributed by atoms with Crippen molar-refractivity contribution in [2.45, 2.75) is 29.7 Å². The fourth-order valence-electron chi connectivity index (χ4n) is 4.18. The zero-order valence-corrected chi connectivity index (χ0v) is 19.8. The summed E-state index contributed by atoms with van der Waals surface area (Å²) in [6.07, 6.45) is 2.64. The molecule has 11 heteroatoms. The summed E-state index contributed by atoms with van der Waals surface area (Å²) in [7, 11) is 3.17. The van der Waals surface area contributed by atoms with Crippen LogP contribution in [0.4, 0.5) is 5.69 Å². The molecular weight excluding hydrogens is 470 g/mol. The molecule has 0 spiro atoms. The molecular formula is C24H21N5O5S. The molecule has 10 nitrogen and oxygen atoms in total. The number of ether oxygens (including phenoxy) is 2. The Bertz CT molecular complexity index is 1450. The van der Waals surface area contributed by atoms with E-state index < -0.39 is 4.92 Å². The first kappa shape index (κ1) is 22.8. The Morgan fingerprint density at radius 1 is 1.11 bits per heavy atom. The number of aromatic nitrogens is 4. The van der Waals surface area contributed by atoms with Crippen molar-refractivity contribution in [2.24, 2.45) is 0 Å². The second-order valence-corrected chi connectivity index (χ2v) is 9.04. The number of carbonyl (C=O) groups excluding carboxylic acids is 1. The molecule has 4 aromatic rings. The molecule has 1 aliphatic carbocycles. The number of benzene rings is 2. The summed E-state index contributed by atoms with van der Waals surface area (Å²) in [5, 5.41) is 15.9. The normalized spacial score (nSPS) is 15.1. The van der Waals surface area contributed by atoms with Crippen LogP contribution in [0.2, 0.25) is 0 Å². The Hall–Kier alpha value is -3.99. The lowest BCUT2D eigenvalue weighted by Crippen LogP contribution is -2.21. The largest absolute Gasteiger partial charge is 0.493 e. The van der Waals surface area contributed by atoms with Gasteiger partial charge in [-0.2, -0.15) is 4.98 Å². The van der Waals surface area contributed by atoms with E-state index in [9.17, 15) is 14.9 Å². The third-order valence-corrected chi connectivity index (χ3v) is 6.84. The number of methoxy groups -OCH3 is 2. The van der Waals surface area contributed by atoms with Gasteiger partial charge in [0.1, 0.15) is 0 Å². The van der Waals surface area contributed by atoms with E-state index >= 15 is 0 Å². The number of nitro benzene ring substituents is 1. The quantitative estimate of drug-likeness (QED) is 0.212. The summed E-state index contributed by atoms with van der Waals surface area (Å²) in [5.41, 5.74) is 3.06. The summed E-state index contributed by atoms with van der Waals surface area (Å²) >= 11 is 1.35. The molecule has 0 amide bonds. The Morgan fingerprint density at radius 2 is 1.94 bits per heavy atom. The highest BCUT2D eigenvalue weighted by Crippen LogP contribution is 2.36. The lowest BCUT2D eigenvalue weighted by atomic mass is 9.82. The molecule has 2 aromatic heterocycles. The van der Waals surface area contributed by atoms with Crippen molar-refractivity contribution in [1.82, 2.24) is 19.6 Å². The van der Waals surface area contributed by atoms with Crippen LogP contribution in [0.1, 0.15) is 39.5 Å². The number of non-ortho nitro benzene ring substituents is 1. The lowest BCUT2D eigenvalue weighted by Gasteiger charge is -2.23. The van der Waals surface area contributed by atoms with Crippen LogP contribution < -0.4 is 9.47 Å². The van der Waals surface area contributed by atoms with Crippen molar-refractivity contribution < 1.29 is 19.2 Å². The van der Waals surface area contributed by atoms with E-state index in [0.717, 1.165) is 11.1 Å². The summed E-state index contributed by atoms with van der Waals surface area (Å²) in [4.78, 5) is 32.7. The number of hydrogen-bond donors (Lipinski definition) is 0.